The van der Waals surface area contributed by atoms with E-state index in [9.17, 15) is 53.7 Å². The fraction of sp³-hybridized carbons (Fsp3) is 0.576. The molecule has 0 spiro atoms. The van der Waals surface area contributed by atoms with Crippen LogP contribution in [-0.2, 0) is 104 Å². The number of carbonyl (C=O) groups is 8. The minimum atomic E-state index is -2.52. The maximum absolute atomic E-state index is 14.8. The van der Waals surface area contributed by atoms with E-state index in [4.69, 9.17) is 74.9 Å². The maximum atomic E-state index is 14.8. The number of hydrogen-bond acceptors (Lipinski definition) is 33. The van der Waals surface area contributed by atoms with E-state index in [0.717, 1.165) is 50.2 Å². The SMILES string of the molecule is CO[C@H]1C[C@@H]2CC[C@@H](C)[C@@](O)(O2)C(=O)C(=O)N2CCCC[C@H]2C(=O)O[C@H]([C@H](N)C[C@@H]2CC[C@@H](OC(=O)N3CCc4nc(N5CCN(c6ncc(C(=O)NCCOCCOCCOCCOCCC(=O)N7CCc8cc(Cn9nc(-c%10cnc%11[nH]c(N)cc%11c%10)c%10c(N)ncnc%109)ccc8C7)cn6)CC5)ncc4C3)[C@H](OC)C2)CC(=O)[C@H](C)/C=C(\C)[C@@H](O)[C@@H](O)C(=O)[C@H](C)C[C@H](C)/C=C/C=CC=C1C. The lowest BCUT2D eigenvalue weighted by molar-refractivity contribution is -0.265. The van der Waals surface area contributed by atoms with Crippen LogP contribution in [0.5, 0.6) is 0 Å². The average Bonchev–Trinajstić information content (AvgIpc) is 1.16. The molecule has 39 heteroatoms. The van der Waals surface area contributed by atoms with Gasteiger partial charge in [-0.05, 0) is 136 Å². The summed E-state index contributed by atoms with van der Waals surface area (Å²) < 4.78 is 55.2. The molecule has 2 bridgehead atoms. The number of piperazine rings is 1. The van der Waals surface area contributed by atoms with Gasteiger partial charge in [0.25, 0.3) is 17.6 Å². The minimum Gasteiger partial charge on any atom is -0.459 e. The summed E-state index contributed by atoms with van der Waals surface area (Å²) in [5.41, 5.74) is 28.4. The highest BCUT2D eigenvalue weighted by atomic mass is 16.6. The van der Waals surface area contributed by atoms with Crippen LogP contribution in [0.2, 0.25) is 0 Å². The molecule has 11 N–H and O–H groups in total. The number of ketones is 3. The molecule has 744 valence electrons. The standard InChI is InChI=1S/C99H133N19O20/c1-59-14-10-9-11-15-60(2)79(130-7)49-73-21-17-64(6)99(129,138-73)89(124)94(126)117-27-13-12-16-76(117)95(127)136-80(50-77(119)61(3)43-63(5)87(122)88(123)86(121)62(4)42-59)74(100)45-65-19-22-78(81(46-65)131-8)137-98(128)116-29-24-75-72(57-116)54-107-97(110-75)114-32-30-113(31-33-114)96-105-52-71(53-106-96)93(125)103-26-35-133-37-39-135-41-40-134-38-36-132-34-25-83(120)115-28-23-67-44-66(18-20-68(67)56-115)55-118-92-84(90(102)108-58-109-92)85(112-118)70-47-69-48-82(101)111-91(69)104-51-70/h9-11,14-15,18,20,43-44,47-48,51-54,58-59,61-62,64-65,73-74,76,78-81,87-88,122-123,129H,12-13,16-17,19,21-42,45-46,49-50,55-57,100-101H2,1-8H3,(H,103,125)(H,104,111)(H2,102,108,109)/b11-9?,14-10+,60-15?,63-43+/t59-,61-,62-,64-,65+,73+,74-,76+,78-,79+,80+,81-,87-,88+,99-/m1/s1. The zero-order chi connectivity index (χ0) is 97.8. The number of allylic oxidation sites excluding steroid dienone is 6. The van der Waals surface area contributed by atoms with Crippen molar-refractivity contribution in [2.24, 2.45) is 35.3 Å². The van der Waals surface area contributed by atoms with Crippen LogP contribution in [0.25, 0.3) is 33.3 Å². The number of nitrogen functional groups attached to an aromatic ring is 2. The summed E-state index contributed by atoms with van der Waals surface area (Å²) >= 11 is 0. The Morgan fingerprint density at radius 3 is 2.16 bits per heavy atom. The number of carbonyl (C=O) groups excluding carboxylic acids is 8. The molecule has 6 aliphatic heterocycles. The zero-order valence-electron chi connectivity index (χ0n) is 80.1. The van der Waals surface area contributed by atoms with Gasteiger partial charge in [0.2, 0.25) is 23.6 Å². The molecule has 14 rings (SSSR count). The number of H-pyrrole nitrogens is 1. The fourth-order valence-electron chi connectivity index (χ4n) is 19.3. The number of fused-ring (bicyclic) bond motifs is 7. The number of piperidine rings is 1. The van der Waals surface area contributed by atoms with Gasteiger partial charge in [0, 0.05) is 157 Å². The monoisotopic (exact) mass is 1910 g/mol. The summed E-state index contributed by atoms with van der Waals surface area (Å²) in [6, 6.07) is 7.81. The van der Waals surface area contributed by atoms with Gasteiger partial charge in [-0.3, -0.25) is 28.8 Å². The van der Waals surface area contributed by atoms with Gasteiger partial charge in [0.05, 0.1) is 107 Å². The fourth-order valence-corrected chi connectivity index (χ4v) is 19.3. The number of nitrogens with zero attached hydrogens (tertiary/aromatic N) is 14. The Balaban J connectivity index is 0.474. The number of nitrogens with two attached hydrogens (primary N) is 3. The van der Waals surface area contributed by atoms with E-state index in [1.165, 1.54) is 44.4 Å². The highest BCUT2D eigenvalue weighted by Gasteiger charge is 2.54. The number of methoxy groups -OCH3 is 2. The van der Waals surface area contributed by atoms with Crippen molar-refractivity contribution in [3.8, 4) is 11.3 Å². The molecule has 3 saturated heterocycles. The van der Waals surface area contributed by atoms with E-state index < -0.39 is 120 Å². The molecule has 7 aliphatic rings. The highest BCUT2D eigenvalue weighted by molar-refractivity contribution is 6.39. The number of anilines is 4. The quantitative estimate of drug-likeness (QED) is 0.0111. The number of aliphatic hydroxyl groups is 3. The second-order valence-electron chi connectivity index (χ2n) is 37.5. The Hall–Kier alpha value is -11.5. The Kier molecular flexibility index (Phi) is 35.5. The molecular formula is C99H133N19O20. The minimum absolute atomic E-state index is 0.00796. The van der Waals surface area contributed by atoms with Crippen LogP contribution in [0, 0.1) is 29.6 Å². The molecule has 1 aliphatic carbocycles. The topological polar surface area (TPSA) is 510 Å². The number of rotatable bonds is 27. The molecular weight excluding hydrogens is 1780 g/mol. The van der Waals surface area contributed by atoms with Crippen LogP contribution in [0.1, 0.15) is 163 Å². The van der Waals surface area contributed by atoms with Crippen LogP contribution < -0.4 is 32.3 Å². The van der Waals surface area contributed by atoms with E-state index in [1.807, 2.05) is 70.8 Å². The normalized spacial score (nSPS) is 26.3. The largest absolute Gasteiger partial charge is 0.459 e. The highest BCUT2D eigenvalue weighted by Crippen LogP contribution is 2.40. The second kappa shape index (κ2) is 47.9. The van der Waals surface area contributed by atoms with E-state index in [1.54, 1.807) is 45.2 Å². The number of hydrogen-bond donors (Lipinski definition) is 8. The molecule has 12 heterocycles. The predicted octanol–water partition coefficient (Wildman–Crippen LogP) is 6.99. The van der Waals surface area contributed by atoms with Crippen LogP contribution >= 0.6 is 0 Å². The first-order valence-electron chi connectivity index (χ1n) is 48.2. The van der Waals surface area contributed by atoms with Crippen molar-refractivity contribution < 1.29 is 96.3 Å². The summed E-state index contributed by atoms with van der Waals surface area (Å²) in [6.45, 7) is 17.6. The summed E-state index contributed by atoms with van der Waals surface area (Å²) in [7, 11) is 3.09. The van der Waals surface area contributed by atoms with Gasteiger partial charge in [-0.1, -0.05) is 82.4 Å². The first-order chi connectivity index (χ1) is 66.5. The van der Waals surface area contributed by atoms with Gasteiger partial charge in [-0.15, -0.1) is 0 Å². The Morgan fingerprint density at radius 2 is 1.41 bits per heavy atom. The molecule has 15 atom stereocenters. The third kappa shape index (κ3) is 25.8. The third-order valence-electron chi connectivity index (χ3n) is 27.5. The van der Waals surface area contributed by atoms with Crippen molar-refractivity contribution in [1.82, 2.24) is 69.7 Å². The number of pyridine rings is 1. The smallest absolute Gasteiger partial charge is 0.410 e. The van der Waals surface area contributed by atoms with Crippen molar-refractivity contribution in [3.05, 3.63) is 143 Å². The van der Waals surface area contributed by atoms with E-state index in [2.05, 4.69) is 58.3 Å². The van der Waals surface area contributed by atoms with Crippen molar-refractivity contribution in [1.29, 1.82) is 0 Å². The van der Waals surface area contributed by atoms with Gasteiger partial charge in [-0.25, -0.2) is 49.2 Å². The van der Waals surface area contributed by atoms with Crippen molar-refractivity contribution >= 4 is 92.7 Å². The van der Waals surface area contributed by atoms with E-state index in [0.29, 0.717) is 201 Å². The van der Waals surface area contributed by atoms with Crippen LogP contribution in [0.3, 0.4) is 0 Å². The lowest BCUT2D eigenvalue weighted by atomic mass is 9.80. The molecule has 1 saturated carbocycles. The number of benzene rings is 1. The van der Waals surface area contributed by atoms with Gasteiger partial charge in [0.15, 0.2) is 11.4 Å². The molecule has 1 aromatic carbocycles. The lowest BCUT2D eigenvalue weighted by Crippen LogP contribution is -2.61. The van der Waals surface area contributed by atoms with Crippen LogP contribution in [-0.4, -0.2) is 307 Å². The number of esters is 1. The van der Waals surface area contributed by atoms with Crippen molar-refractivity contribution in [2.45, 2.75) is 218 Å². The maximum Gasteiger partial charge on any atom is 0.410 e. The van der Waals surface area contributed by atoms with Gasteiger partial charge in [-0.2, -0.15) is 5.10 Å². The summed E-state index contributed by atoms with van der Waals surface area (Å²) in [5.74, 6) is -7.78. The molecule has 4 fully saturated rings. The molecule has 6 aromatic heterocycles. The van der Waals surface area contributed by atoms with Crippen LogP contribution in [0.4, 0.5) is 28.3 Å². The number of ether oxygens (including phenoxy) is 9. The number of aliphatic hydroxyl groups excluding tert-OH is 2. The molecule has 7 aromatic rings. The van der Waals surface area contributed by atoms with E-state index >= 15 is 0 Å². The summed E-state index contributed by atoms with van der Waals surface area (Å²) in [5, 5.41) is 44.1. The molecule has 138 heavy (non-hydrogen) atoms. The number of amides is 4. The third-order valence-corrected chi connectivity index (χ3v) is 27.5. The Bertz CT molecular complexity index is 5550. The summed E-state index contributed by atoms with van der Waals surface area (Å²) in [4.78, 5) is 156. The number of Topliss-reactive ketones (excluding diaryl/α,β-unsaturated/α-hetero) is 3. The lowest BCUT2D eigenvalue weighted by Gasteiger charge is -2.42. The number of aromatic amines is 1. The van der Waals surface area contributed by atoms with E-state index in [-0.39, 0.29) is 87.8 Å². The zero-order valence-corrected chi connectivity index (χ0v) is 80.1. The van der Waals surface area contributed by atoms with Crippen LogP contribution in [0.15, 0.2) is 109 Å². The molecule has 0 radical (unpaired) electrons. The molecule has 39 nitrogen and oxygen atoms in total. The van der Waals surface area contributed by atoms with Gasteiger partial charge < -0.3 is 110 Å². The Labute approximate surface area is 802 Å². The first-order valence-corrected chi connectivity index (χ1v) is 48.2. The first kappa shape index (κ1) is 102. The second-order valence-corrected chi connectivity index (χ2v) is 37.5. The number of aromatic nitrogens is 10. The van der Waals surface area contributed by atoms with Crippen molar-refractivity contribution in [2.75, 3.05) is 141 Å². The Morgan fingerprint density at radius 1 is 0.696 bits per heavy atom. The average molecular weight is 1910 g/mol. The predicted molar refractivity (Wildman–Crippen MR) is 510 cm³/mol. The number of cyclic esters (lactones) is 1. The van der Waals surface area contributed by atoms with Gasteiger partial charge in [0.1, 0.15) is 65.5 Å². The summed E-state index contributed by atoms with van der Waals surface area (Å²) in [6.07, 6.45) is 16.1. The molecule has 4 amide bonds. The molecule has 0 unspecified atom stereocenters. The number of nitrogens with one attached hydrogen (secondary N) is 2. The van der Waals surface area contributed by atoms with Crippen molar-refractivity contribution in [3.63, 3.8) is 0 Å². The van der Waals surface area contributed by atoms with Gasteiger partial charge >= 0.3 is 12.1 Å².